The van der Waals surface area contributed by atoms with Gasteiger partial charge < -0.3 is 10.5 Å². The van der Waals surface area contributed by atoms with Crippen LogP contribution in [0.15, 0.2) is 30.6 Å². The Hall–Kier alpha value is -2.48. The maximum atomic E-state index is 8.86. The van der Waals surface area contributed by atoms with Crippen LogP contribution in [0.1, 0.15) is 5.82 Å². The van der Waals surface area contributed by atoms with Gasteiger partial charge in [0.15, 0.2) is 0 Å². The molecule has 0 amide bonds. The van der Waals surface area contributed by atoms with Gasteiger partial charge >= 0.3 is 0 Å². The number of ether oxygens (including phenoxy) is 1. The number of aromatic nitrogens is 2. The van der Waals surface area contributed by atoms with Crippen LogP contribution in [0, 0.1) is 11.3 Å². The number of nitriles is 1. The minimum absolute atomic E-state index is 0.326. The molecule has 0 saturated carbocycles. The van der Waals surface area contributed by atoms with E-state index in [1.165, 1.54) is 0 Å². The van der Waals surface area contributed by atoms with E-state index in [1.807, 2.05) is 6.07 Å². The standard InChI is InChI=1S/C11H10N4O/c1-16-10-6-8(2-3-9(10)13)15-5-4-14-11(15)7-12/h2-6H,13H2,1H3. The molecule has 5 heteroatoms. The highest BCUT2D eigenvalue weighted by Crippen LogP contribution is 2.24. The first-order chi connectivity index (χ1) is 7.76. The Kier molecular flexibility index (Phi) is 2.48. The predicted octanol–water partition coefficient (Wildman–Crippen LogP) is 1.33. The van der Waals surface area contributed by atoms with Crippen molar-refractivity contribution in [1.82, 2.24) is 9.55 Å². The molecule has 2 aromatic rings. The summed E-state index contributed by atoms with van der Waals surface area (Å²) in [4.78, 5) is 3.92. The molecule has 0 aliphatic heterocycles. The SMILES string of the molecule is COc1cc(-n2ccnc2C#N)ccc1N. The molecule has 0 aliphatic carbocycles. The summed E-state index contributed by atoms with van der Waals surface area (Å²) >= 11 is 0. The first-order valence-corrected chi connectivity index (χ1v) is 4.63. The highest BCUT2D eigenvalue weighted by molar-refractivity contribution is 5.57. The zero-order valence-electron chi connectivity index (χ0n) is 8.71. The van der Waals surface area contributed by atoms with Gasteiger partial charge in [-0.25, -0.2) is 4.98 Å². The van der Waals surface area contributed by atoms with Gasteiger partial charge in [-0.3, -0.25) is 4.57 Å². The molecule has 1 heterocycles. The van der Waals surface area contributed by atoms with Crippen molar-refractivity contribution in [3.63, 3.8) is 0 Å². The number of nitrogens with two attached hydrogens (primary N) is 1. The summed E-state index contributed by atoms with van der Waals surface area (Å²) in [5.41, 5.74) is 7.06. The lowest BCUT2D eigenvalue weighted by Gasteiger charge is -2.08. The highest BCUT2D eigenvalue weighted by atomic mass is 16.5. The number of methoxy groups -OCH3 is 1. The van der Waals surface area contributed by atoms with Gasteiger partial charge in [-0.15, -0.1) is 0 Å². The van der Waals surface area contributed by atoms with E-state index in [-0.39, 0.29) is 0 Å². The predicted molar refractivity (Wildman–Crippen MR) is 59.2 cm³/mol. The first-order valence-electron chi connectivity index (χ1n) is 4.63. The summed E-state index contributed by atoms with van der Waals surface area (Å²) in [5.74, 6) is 0.905. The number of hydrogen-bond donors (Lipinski definition) is 1. The van der Waals surface area contributed by atoms with Gasteiger partial charge in [0.05, 0.1) is 18.5 Å². The number of rotatable bonds is 2. The van der Waals surface area contributed by atoms with Crippen LogP contribution in [-0.4, -0.2) is 16.7 Å². The van der Waals surface area contributed by atoms with Gasteiger partial charge in [0.2, 0.25) is 5.82 Å². The van der Waals surface area contributed by atoms with Gasteiger partial charge in [0.25, 0.3) is 0 Å². The minimum atomic E-state index is 0.326. The van der Waals surface area contributed by atoms with Crippen LogP contribution in [0.5, 0.6) is 5.75 Å². The average molecular weight is 214 g/mol. The summed E-state index contributed by atoms with van der Waals surface area (Å²) in [6.45, 7) is 0. The first kappa shape index (κ1) is 10.1. The normalized spacial score (nSPS) is 9.75. The van der Waals surface area contributed by atoms with Gasteiger partial charge in [-0.1, -0.05) is 0 Å². The Morgan fingerprint density at radius 1 is 1.50 bits per heavy atom. The number of nitrogens with zero attached hydrogens (tertiary/aromatic N) is 3. The Bertz CT molecular complexity index is 553. The average Bonchev–Trinajstić information content (AvgIpc) is 2.78. The number of anilines is 1. The fourth-order valence-electron chi connectivity index (χ4n) is 1.44. The second-order valence-corrected chi connectivity index (χ2v) is 3.16. The zero-order chi connectivity index (χ0) is 11.5. The molecular weight excluding hydrogens is 204 g/mol. The summed E-state index contributed by atoms with van der Waals surface area (Å²) in [6.07, 6.45) is 3.28. The van der Waals surface area contributed by atoms with Gasteiger partial charge in [-0.05, 0) is 12.1 Å². The zero-order valence-corrected chi connectivity index (χ0v) is 8.71. The molecule has 0 aliphatic rings. The van der Waals surface area contributed by atoms with Crippen LogP contribution in [0.4, 0.5) is 5.69 Å². The highest BCUT2D eigenvalue weighted by Gasteiger charge is 2.06. The Balaban J connectivity index is 2.53. The number of benzene rings is 1. The van der Waals surface area contributed by atoms with E-state index in [2.05, 4.69) is 4.98 Å². The van der Waals surface area contributed by atoms with Crippen LogP contribution < -0.4 is 10.5 Å². The molecular formula is C11H10N4O. The maximum absolute atomic E-state index is 8.86. The molecule has 0 radical (unpaired) electrons. The quantitative estimate of drug-likeness (QED) is 0.765. The van der Waals surface area contributed by atoms with E-state index in [9.17, 15) is 0 Å². The molecule has 5 nitrogen and oxygen atoms in total. The largest absolute Gasteiger partial charge is 0.495 e. The molecule has 2 N–H and O–H groups in total. The topological polar surface area (TPSA) is 76.9 Å². The second kappa shape index (κ2) is 3.95. The molecule has 0 spiro atoms. The lowest BCUT2D eigenvalue weighted by Crippen LogP contribution is -1.99. The molecule has 0 bridgehead atoms. The second-order valence-electron chi connectivity index (χ2n) is 3.16. The molecule has 80 valence electrons. The molecule has 1 aromatic carbocycles. The molecule has 0 unspecified atom stereocenters. The fourth-order valence-corrected chi connectivity index (χ4v) is 1.44. The summed E-state index contributed by atoms with van der Waals surface area (Å²) in [6, 6.07) is 7.31. The Labute approximate surface area is 92.7 Å². The van der Waals surface area contributed by atoms with Crippen LogP contribution in [-0.2, 0) is 0 Å². The van der Waals surface area contributed by atoms with Crippen molar-refractivity contribution in [2.45, 2.75) is 0 Å². The van der Waals surface area contributed by atoms with E-state index in [0.29, 0.717) is 17.3 Å². The molecule has 0 saturated heterocycles. The Morgan fingerprint density at radius 2 is 2.31 bits per heavy atom. The summed E-state index contributed by atoms with van der Waals surface area (Å²) in [5, 5.41) is 8.86. The van der Waals surface area contributed by atoms with Crippen molar-refractivity contribution in [1.29, 1.82) is 5.26 Å². The van der Waals surface area contributed by atoms with Crippen molar-refractivity contribution in [3.8, 4) is 17.5 Å². The van der Waals surface area contributed by atoms with E-state index in [4.69, 9.17) is 15.7 Å². The van der Waals surface area contributed by atoms with Gasteiger partial charge in [0.1, 0.15) is 11.8 Å². The molecule has 2 rings (SSSR count). The van der Waals surface area contributed by atoms with Crippen LogP contribution in [0.25, 0.3) is 5.69 Å². The van der Waals surface area contributed by atoms with E-state index in [0.717, 1.165) is 5.69 Å². The van der Waals surface area contributed by atoms with Crippen molar-refractivity contribution < 1.29 is 4.74 Å². The molecule has 0 atom stereocenters. The summed E-state index contributed by atoms with van der Waals surface area (Å²) in [7, 11) is 1.55. The molecule has 1 aromatic heterocycles. The van der Waals surface area contributed by atoms with E-state index >= 15 is 0 Å². The van der Waals surface area contributed by atoms with Gasteiger partial charge in [0, 0.05) is 18.5 Å². The van der Waals surface area contributed by atoms with Crippen LogP contribution >= 0.6 is 0 Å². The fraction of sp³-hybridized carbons (Fsp3) is 0.0909. The van der Waals surface area contributed by atoms with Crippen molar-refractivity contribution in [2.75, 3.05) is 12.8 Å². The van der Waals surface area contributed by atoms with E-state index in [1.54, 1.807) is 42.3 Å². The number of nitrogen functional groups attached to an aromatic ring is 1. The number of imidazole rings is 1. The molecule has 16 heavy (non-hydrogen) atoms. The van der Waals surface area contributed by atoms with Crippen molar-refractivity contribution in [3.05, 3.63) is 36.4 Å². The summed E-state index contributed by atoms with van der Waals surface area (Å²) < 4.78 is 6.78. The van der Waals surface area contributed by atoms with Crippen LogP contribution in [0.2, 0.25) is 0 Å². The maximum Gasteiger partial charge on any atom is 0.217 e. The van der Waals surface area contributed by atoms with Crippen molar-refractivity contribution in [2.24, 2.45) is 0 Å². The third-order valence-electron chi connectivity index (χ3n) is 2.24. The molecule has 0 fully saturated rings. The third-order valence-corrected chi connectivity index (χ3v) is 2.24. The lowest BCUT2D eigenvalue weighted by atomic mass is 10.2. The van der Waals surface area contributed by atoms with Crippen LogP contribution in [0.3, 0.4) is 0 Å². The number of hydrogen-bond acceptors (Lipinski definition) is 4. The third kappa shape index (κ3) is 1.57. The van der Waals surface area contributed by atoms with Crippen molar-refractivity contribution >= 4 is 5.69 Å². The lowest BCUT2D eigenvalue weighted by molar-refractivity contribution is 0.417. The van der Waals surface area contributed by atoms with Gasteiger partial charge in [-0.2, -0.15) is 5.26 Å². The van der Waals surface area contributed by atoms with E-state index < -0.39 is 0 Å². The Morgan fingerprint density at radius 3 is 3.00 bits per heavy atom. The minimum Gasteiger partial charge on any atom is -0.495 e. The monoisotopic (exact) mass is 214 g/mol. The smallest absolute Gasteiger partial charge is 0.217 e.